The van der Waals surface area contributed by atoms with Crippen molar-refractivity contribution < 1.29 is 0 Å². The van der Waals surface area contributed by atoms with Crippen LogP contribution < -0.4 is 0 Å². The van der Waals surface area contributed by atoms with E-state index in [9.17, 15) is 0 Å². The van der Waals surface area contributed by atoms with Crippen molar-refractivity contribution in [2.24, 2.45) is 0 Å². The Balaban J connectivity index is 0.850. The fraction of sp³-hybridized carbons (Fsp3) is 0. The van der Waals surface area contributed by atoms with E-state index in [2.05, 4.69) is 228 Å². The van der Waals surface area contributed by atoms with Crippen LogP contribution in [0.3, 0.4) is 0 Å². The molecule has 0 N–H and O–H groups in total. The van der Waals surface area contributed by atoms with E-state index < -0.39 is 0 Å². The molecular weight excluding hydrogens is 725 g/mol. The number of rotatable bonds is 5. The lowest BCUT2D eigenvalue weighted by Crippen LogP contribution is -1.94. The number of fused-ring (bicyclic) bond motifs is 9. The molecule has 13 rings (SSSR count). The third-order valence-corrected chi connectivity index (χ3v) is 12.9. The average Bonchev–Trinajstić information content (AvgIpc) is 3.96. The van der Waals surface area contributed by atoms with E-state index in [0.717, 1.165) is 5.69 Å². The number of hydrogen-bond acceptors (Lipinski definition) is 0. The summed E-state index contributed by atoms with van der Waals surface area (Å²) in [6, 6.07) is 80.3. The normalized spacial score (nSPS) is 12.0. The van der Waals surface area contributed by atoms with Crippen LogP contribution in [0.2, 0.25) is 0 Å². The predicted molar refractivity (Wildman–Crippen MR) is 253 cm³/mol. The van der Waals surface area contributed by atoms with Crippen molar-refractivity contribution >= 4 is 54.4 Å². The molecule has 0 aliphatic heterocycles. The Morgan fingerprint density at radius 1 is 0.217 bits per heavy atom. The molecule has 0 saturated carbocycles. The fourth-order valence-electron chi connectivity index (χ4n) is 10.1. The van der Waals surface area contributed by atoms with Gasteiger partial charge in [-0.2, -0.15) is 0 Å². The summed E-state index contributed by atoms with van der Waals surface area (Å²) in [5.74, 6) is 0. The Hall–Kier alpha value is -7.94. The van der Waals surface area contributed by atoms with E-state index >= 15 is 0 Å². The lowest BCUT2D eigenvalue weighted by molar-refractivity contribution is 1.18. The highest BCUT2D eigenvalue weighted by Crippen LogP contribution is 2.49. The van der Waals surface area contributed by atoms with Gasteiger partial charge in [-0.3, -0.25) is 0 Å². The van der Waals surface area contributed by atoms with Gasteiger partial charge in [0, 0.05) is 32.9 Å². The largest absolute Gasteiger partial charge is 0.309 e. The van der Waals surface area contributed by atoms with Crippen LogP contribution in [0.4, 0.5) is 0 Å². The topological polar surface area (TPSA) is 9.86 Å². The van der Waals surface area contributed by atoms with Crippen molar-refractivity contribution in [2.75, 3.05) is 0 Å². The maximum Gasteiger partial charge on any atom is 0.0541 e. The molecular formula is C58H36N2. The number of benzene rings is 10. The highest BCUT2D eigenvalue weighted by molar-refractivity contribution is 6.19. The standard InChI is InChI=1S/C58H36N2/c1-2-11-42(12-3-1)59-54-19-8-6-15-47(54)52-35-40(27-33-56(52)59)41-28-34-57-53(36-41)48-16-7-9-20-55(48)60(57)43-29-25-38(26-30-43)37-21-23-39(24-22-37)44-31-32-51-46-14-5-4-13-45(46)50-18-10-17-49(44)58(50)51/h1-36H. The van der Waals surface area contributed by atoms with Crippen LogP contribution in [0.15, 0.2) is 218 Å². The molecule has 278 valence electrons. The minimum Gasteiger partial charge on any atom is -0.309 e. The molecule has 0 radical (unpaired) electrons. The van der Waals surface area contributed by atoms with Crippen LogP contribution in [0, 0.1) is 0 Å². The number of para-hydroxylation sites is 3. The molecule has 0 atom stereocenters. The monoisotopic (exact) mass is 760 g/mol. The van der Waals surface area contributed by atoms with Gasteiger partial charge in [0.15, 0.2) is 0 Å². The van der Waals surface area contributed by atoms with Gasteiger partial charge in [-0.25, -0.2) is 0 Å². The molecule has 60 heavy (non-hydrogen) atoms. The molecule has 2 heteroatoms. The van der Waals surface area contributed by atoms with E-state index in [4.69, 9.17) is 0 Å². The summed E-state index contributed by atoms with van der Waals surface area (Å²) in [6.07, 6.45) is 0. The van der Waals surface area contributed by atoms with Gasteiger partial charge in [0.2, 0.25) is 0 Å². The summed E-state index contributed by atoms with van der Waals surface area (Å²) in [6.45, 7) is 0. The van der Waals surface area contributed by atoms with Gasteiger partial charge in [0.05, 0.1) is 22.1 Å². The summed E-state index contributed by atoms with van der Waals surface area (Å²) >= 11 is 0. The molecule has 2 nitrogen and oxygen atoms in total. The SMILES string of the molecule is c1ccc(-n2c3ccccc3c3cc(-c4ccc5c(c4)c4ccccc4n5-c4ccc(-c5ccc(-c6ccc7c8c(cccc68)-c6ccccc6-7)cc5)cc4)ccc32)cc1. The smallest absolute Gasteiger partial charge is 0.0541 e. The van der Waals surface area contributed by atoms with Crippen molar-refractivity contribution in [3.8, 4) is 67.0 Å². The first kappa shape index (κ1) is 33.1. The maximum absolute atomic E-state index is 2.41. The minimum atomic E-state index is 1.15. The fourth-order valence-corrected chi connectivity index (χ4v) is 10.1. The minimum absolute atomic E-state index is 1.15. The highest BCUT2D eigenvalue weighted by atomic mass is 15.0. The van der Waals surface area contributed by atoms with Crippen molar-refractivity contribution in [3.63, 3.8) is 0 Å². The Labute approximate surface area is 347 Å². The third-order valence-electron chi connectivity index (χ3n) is 12.9. The lowest BCUT2D eigenvalue weighted by atomic mass is 9.93. The van der Waals surface area contributed by atoms with Crippen molar-refractivity contribution in [1.82, 2.24) is 9.13 Å². The summed E-state index contributed by atoms with van der Waals surface area (Å²) in [5.41, 5.74) is 19.8. The van der Waals surface area contributed by atoms with Gasteiger partial charge >= 0.3 is 0 Å². The zero-order valence-electron chi connectivity index (χ0n) is 32.7. The van der Waals surface area contributed by atoms with Gasteiger partial charge < -0.3 is 9.13 Å². The summed E-state index contributed by atoms with van der Waals surface area (Å²) in [4.78, 5) is 0. The molecule has 0 amide bonds. The molecule has 0 saturated heterocycles. The summed E-state index contributed by atoms with van der Waals surface area (Å²) < 4.78 is 4.78. The first-order valence-electron chi connectivity index (χ1n) is 20.8. The van der Waals surface area contributed by atoms with Gasteiger partial charge in [0.25, 0.3) is 0 Å². The number of nitrogens with zero attached hydrogens (tertiary/aromatic N) is 2. The Morgan fingerprint density at radius 2 is 0.633 bits per heavy atom. The second-order valence-corrected chi connectivity index (χ2v) is 16.1. The number of hydrogen-bond donors (Lipinski definition) is 0. The number of aromatic nitrogens is 2. The Morgan fingerprint density at radius 3 is 1.25 bits per heavy atom. The first-order chi connectivity index (χ1) is 29.8. The first-order valence-corrected chi connectivity index (χ1v) is 20.8. The molecule has 0 bridgehead atoms. The van der Waals surface area contributed by atoms with E-state index in [1.165, 1.54) is 116 Å². The van der Waals surface area contributed by atoms with Crippen molar-refractivity contribution in [2.45, 2.75) is 0 Å². The molecule has 0 spiro atoms. The quantitative estimate of drug-likeness (QED) is 0.165. The molecule has 2 aromatic heterocycles. The van der Waals surface area contributed by atoms with Crippen LogP contribution in [0.5, 0.6) is 0 Å². The highest BCUT2D eigenvalue weighted by Gasteiger charge is 2.22. The van der Waals surface area contributed by atoms with Gasteiger partial charge in [-0.1, -0.05) is 158 Å². The second kappa shape index (κ2) is 12.8. The van der Waals surface area contributed by atoms with E-state index in [-0.39, 0.29) is 0 Å². The van der Waals surface area contributed by atoms with Gasteiger partial charge in [0.1, 0.15) is 0 Å². The van der Waals surface area contributed by atoms with E-state index in [1.54, 1.807) is 0 Å². The van der Waals surface area contributed by atoms with Crippen LogP contribution in [0.1, 0.15) is 0 Å². The molecule has 1 aliphatic carbocycles. The maximum atomic E-state index is 2.41. The molecule has 10 aromatic carbocycles. The molecule has 2 heterocycles. The van der Waals surface area contributed by atoms with E-state index in [1.807, 2.05) is 0 Å². The third kappa shape index (κ3) is 4.82. The van der Waals surface area contributed by atoms with Crippen LogP contribution in [0.25, 0.3) is 121 Å². The zero-order valence-corrected chi connectivity index (χ0v) is 32.7. The summed E-state index contributed by atoms with van der Waals surface area (Å²) in [5, 5.41) is 7.70. The van der Waals surface area contributed by atoms with Gasteiger partial charge in [-0.15, -0.1) is 0 Å². The Kier molecular flexibility index (Phi) is 7.05. The second-order valence-electron chi connectivity index (χ2n) is 16.1. The average molecular weight is 761 g/mol. The molecule has 0 unspecified atom stereocenters. The predicted octanol–water partition coefficient (Wildman–Crippen LogP) is 15.7. The van der Waals surface area contributed by atoms with Crippen molar-refractivity contribution in [3.05, 3.63) is 218 Å². The Bertz CT molecular complexity index is 3650. The molecule has 1 aliphatic rings. The lowest BCUT2D eigenvalue weighted by Gasteiger charge is -2.12. The van der Waals surface area contributed by atoms with Gasteiger partial charge in [-0.05, 0) is 127 Å². The zero-order chi connectivity index (χ0) is 39.3. The van der Waals surface area contributed by atoms with Crippen LogP contribution in [-0.2, 0) is 0 Å². The molecule has 12 aromatic rings. The van der Waals surface area contributed by atoms with E-state index in [0.29, 0.717) is 0 Å². The summed E-state index contributed by atoms with van der Waals surface area (Å²) in [7, 11) is 0. The van der Waals surface area contributed by atoms with Crippen molar-refractivity contribution in [1.29, 1.82) is 0 Å². The van der Waals surface area contributed by atoms with Crippen LogP contribution in [-0.4, -0.2) is 9.13 Å². The van der Waals surface area contributed by atoms with Crippen LogP contribution >= 0.6 is 0 Å². The molecule has 0 fully saturated rings.